The molecule has 8 heteroatoms. The van der Waals surface area contributed by atoms with Crippen molar-refractivity contribution in [2.75, 3.05) is 26.2 Å². The number of amides is 1. The minimum Gasteiger partial charge on any atom is -0.406 e. The molecule has 0 atom stereocenters. The van der Waals surface area contributed by atoms with Crippen LogP contribution in [0.3, 0.4) is 0 Å². The number of aromatic nitrogens is 1. The number of alkyl halides is 3. The fourth-order valence-electron chi connectivity index (χ4n) is 2.81. The van der Waals surface area contributed by atoms with Gasteiger partial charge in [-0.15, -0.1) is 13.2 Å². The Balaban J connectivity index is 1.53. The molecular formula is C18H18F3N3O2. The van der Waals surface area contributed by atoms with Crippen molar-refractivity contribution in [2.24, 2.45) is 0 Å². The molecule has 1 aliphatic rings. The molecule has 1 saturated heterocycles. The van der Waals surface area contributed by atoms with Crippen LogP contribution >= 0.6 is 0 Å². The number of carbonyl (C=O) groups excluding carboxylic acids is 1. The highest BCUT2D eigenvalue weighted by Crippen LogP contribution is 2.23. The third-order valence-corrected chi connectivity index (χ3v) is 4.11. The van der Waals surface area contributed by atoms with Crippen molar-refractivity contribution in [1.82, 2.24) is 14.8 Å². The minimum absolute atomic E-state index is 0.193. The van der Waals surface area contributed by atoms with Crippen molar-refractivity contribution in [3.63, 3.8) is 0 Å². The summed E-state index contributed by atoms with van der Waals surface area (Å²) in [5.41, 5.74) is 1.32. The summed E-state index contributed by atoms with van der Waals surface area (Å²) in [5.74, 6) is -0.532. The summed E-state index contributed by atoms with van der Waals surface area (Å²) in [4.78, 5) is 20.7. The molecule has 0 aliphatic carbocycles. The number of piperazine rings is 1. The Morgan fingerprint density at radius 1 is 1.04 bits per heavy atom. The van der Waals surface area contributed by atoms with Gasteiger partial charge in [0.1, 0.15) is 5.75 Å². The summed E-state index contributed by atoms with van der Waals surface area (Å²) in [6.45, 7) is 3.29. The lowest BCUT2D eigenvalue weighted by molar-refractivity contribution is -0.274. The fraction of sp³-hybridized carbons (Fsp3) is 0.333. The van der Waals surface area contributed by atoms with Gasteiger partial charge in [0.2, 0.25) is 0 Å². The first-order chi connectivity index (χ1) is 12.4. The number of rotatable bonds is 4. The van der Waals surface area contributed by atoms with Crippen LogP contribution in [0.5, 0.6) is 5.75 Å². The van der Waals surface area contributed by atoms with E-state index in [1.54, 1.807) is 11.1 Å². The maximum Gasteiger partial charge on any atom is 0.573 e. The van der Waals surface area contributed by atoms with E-state index in [1.807, 2.05) is 18.2 Å². The van der Waals surface area contributed by atoms with Gasteiger partial charge in [-0.05, 0) is 36.4 Å². The molecule has 0 radical (unpaired) electrons. The van der Waals surface area contributed by atoms with Gasteiger partial charge in [0.25, 0.3) is 5.91 Å². The number of hydrogen-bond donors (Lipinski definition) is 0. The van der Waals surface area contributed by atoms with Crippen molar-refractivity contribution in [3.05, 3.63) is 59.9 Å². The number of benzene rings is 1. The predicted octanol–water partition coefficient (Wildman–Crippen LogP) is 2.94. The van der Waals surface area contributed by atoms with Crippen LogP contribution in [0.15, 0.2) is 48.7 Å². The Hall–Kier alpha value is -2.61. The largest absolute Gasteiger partial charge is 0.573 e. The second kappa shape index (κ2) is 7.74. The van der Waals surface area contributed by atoms with E-state index in [9.17, 15) is 18.0 Å². The SMILES string of the molecule is O=C(c1ccc(OC(F)(F)F)cc1)N1CCN(Cc2ccccn2)CC1. The van der Waals surface area contributed by atoms with Gasteiger partial charge >= 0.3 is 6.36 Å². The van der Waals surface area contributed by atoms with E-state index in [-0.39, 0.29) is 11.7 Å². The lowest BCUT2D eigenvalue weighted by Gasteiger charge is -2.34. The number of nitrogens with zero attached hydrogens (tertiary/aromatic N) is 3. The molecule has 0 N–H and O–H groups in total. The van der Waals surface area contributed by atoms with Gasteiger partial charge in [-0.2, -0.15) is 0 Å². The lowest BCUT2D eigenvalue weighted by Crippen LogP contribution is -2.48. The maximum atomic E-state index is 12.5. The molecule has 5 nitrogen and oxygen atoms in total. The van der Waals surface area contributed by atoms with Crippen LogP contribution in [-0.4, -0.2) is 53.2 Å². The van der Waals surface area contributed by atoms with Gasteiger partial charge in [-0.1, -0.05) is 6.07 Å². The molecule has 0 bridgehead atoms. The van der Waals surface area contributed by atoms with E-state index >= 15 is 0 Å². The first-order valence-corrected chi connectivity index (χ1v) is 8.18. The molecule has 138 valence electrons. The molecule has 1 amide bonds. The Kier molecular flexibility index (Phi) is 5.41. The highest BCUT2D eigenvalue weighted by Gasteiger charge is 2.31. The second-order valence-corrected chi connectivity index (χ2v) is 5.96. The van der Waals surface area contributed by atoms with Crippen LogP contribution in [0.2, 0.25) is 0 Å². The highest BCUT2D eigenvalue weighted by molar-refractivity contribution is 5.94. The average molecular weight is 365 g/mol. The van der Waals surface area contributed by atoms with Crippen molar-refractivity contribution in [2.45, 2.75) is 12.9 Å². The number of carbonyl (C=O) groups is 1. The van der Waals surface area contributed by atoms with Gasteiger partial charge in [0, 0.05) is 44.5 Å². The van der Waals surface area contributed by atoms with Gasteiger partial charge in [-0.25, -0.2) is 0 Å². The zero-order chi connectivity index (χ0) is 18.6. The Morgan fingerprint density at radius 3 is 2.31 bits per heavy atom. The van der Waals surface area contributed by atoms with Crippen LogP contribution in [0.1, 0.15) is 16.1 Å². The zero-order valence-electron chi connectivity index (χ0n) is 13.9. The lowest BCUT2D eigenvalue weighted by atomic mass is 10.1. The molecule has 3 rings (SSSR count). The van der Waals surface area contributed by atoms with Crippen molar-refractivity contribution >= 4 is 5.91 Å². The summed E-state index contributed by atoms with van der Waals surface area (Å²) in [6.07, 6.45) is -2.99. The smallest absolute Gasteiger partial charge is 0.406 e. The second-order valence-electron chi connectivity index (χ2n) is 5.96. The summed E-state index contributed by atoms with van der Waals surface area (Å²) in [7, 11) is 0. The van der Waals surface area contributed by atoms with Crippen LogP contribution in [0, 0.1) is 0 Å². The monoisotopic (exact) mass is 365 g/mol. The maximum absolute atomic E-state index is 12.5. The molecule has 1 fully saturated rings. The van der Waals surface area contributed by atoms with Gasteiger partial charge in [0.05, 0.1) is 5.69 Å². The number of hydrogen-bond acceptors (Lipinski definition) is 4. The van der Waals surface area contributed by atoms with Crippen LogP contribution in [0.25, 0.3) is 0 Å². The molecule has 1 aromatic heterocycles. The first-order valence-electron chi connectivity index (χ1n) is 8.18. The Labute approximate surface area is 149 Å². The average Bonchev–Trinajstić information content (AvgIpc) is 2.62. The predicted molar refractivity (Wildman–Crippen MR) is 88.5 cm³/mol. The van der Waals surface area contributed by atoms with Gasteiger partial charge in [-0.3, -0.25) is 14.7 Å². The van der Waals surface area contributed by atoms with Gasteiger partial charge < -0.3 is 9.64 Å². The normalized spacial score (nSPS) is 15.7. The van der Waals surface area contributed by atoms with Crippen LogP contribution < -0.4 is 4.74 Å². The first kappa shape index (κ1) is 18.2. The third-order valence-electron chi connectivity index (χ3n) is 4.11. The molecular weight excluding hydrogens is 347 g/mol. The fourth-order valence-corrected chi connectivity index (χ4v) is 2.81. The van der Waals surface area contributed by atoms with Crippen LogP contribution in [0.4, 0.5) is 13.2 Å². The number of ether oxygens (including phenoxy) is 1. The quantitative estimate of drug-likeness (QED) is 0.836. The molecule has 1 aliphatic heterocycles. The Bertz CT molecular complexity index is 728. The summed E-state index contributed by atoms with van der Waals surface area (Å²) < 4.78 is 40.3. The molecule has 0 saturated carbocycles. The number of pyridine rings is 1. The van der Waals surface area contributed by atoms with E-state index in [0.29, 0.717) is 18.7 Å². The van der Waals surface area contributed by atoms with E-state index in [0.717, 1.165) is 37.5 Å². The number of halogens is 3. The molecule has 2 heterocycles. The third kappa shape index (κ3) is 4.95. The minimum atomic E-state index is -4.74. The van der Waals surface area contributed by atoms with Crippen LogP contribution in [-0.2, 0) is 6.54 Å². The molecule has 26 heavy (non-hydrogen) atoms. The van der Waals surface area contributed by atoms with E-state index in [4.69, 9.17) is 0 Å². The van der Waals surface area contributed by atoms with Crippen molar-refractivity contribution in [3.8, 4) is 5.75 Å². The molecule has 0 spiro atoms. The molecule has 1 aromatic carbocycles. The van der Waals surface area contributed by atoms with E-state index in [1.165, 1.54) is 12.1 Å². The summed E-state index contributed by atoms with van der Waals surface area (Å²) >= 11 is 0. The summed E-state index contributed by atoms with van der Waals surface area (Å²) in [5, 5.41) is 0. The molecule has 0 unspecified atom stereocenters. The standard InChI is InChI=1S/C18H18F3N3O2/c19-18(20,21)26-16-6-4-14(5-7-16)17(25)24-11-9-23(10-12-24)13-15-3-1-2-8-22-15/h1-8H,9-13H2. The summed E-state index contributed by atoms with van der Waals surface area (Å²) in [6, 6.07) is 10.8. The van der Waals surface area contributed by atoms with E-state index in [2.05, 4.69) is 14.6 Å². The highest BCUT2D eigenvalue weighted by atomic mass is 19.4. The van der Waals surface area contributed by atoms with Crippen molar-refractivity contribution in [1.29, 1.82) is 0 Å². The van der Waals surface area contributed by atoms with Gasteiger partial charge in [0.15, 0.2) is 0 Å². The molecule has 2 aromatic rings. The van der Waals surface area contributed by atoms with Crippen molar-refractivity contribution < 1.29 is 22.7 Å². The Morgan fingerprint density at radius 2 is 1.73 bits per heavy atom. The topological polar surface area (TPSA) is 45.7 Å². The van der Waals surface area contributed by atoms with E-state index < -0.39 is 6.36 Å². The zero-order valence-corrected chi connectivity index (χ0v) is 13.9.